The Morgan fingerprint density at radius 3 is 2.67 bits per heavy atom. The van der Waals surface area contributed by atoms with E-state index in [2.05, 4.69) is 4.90 Å². The van der Waals surface area contributed by atoms with Crippen LogP contribution in [-0.4, -0.2) is 57.2 Å². The van der Waals surface area contributed by atoms with E-state index in [-0.39, 0.29) is 11.7 Å². The van der Waals surface area contributed by atoms with Crippen LogP contribution in [0, 0.1) is 5.92 Å². The number of ketones is 1. The van der Waals surface area contributed by atoms with Crippen LogP contribution in [0.2, 0.25) is 0 Å². The first-order valence-electron chi connectivity index (χ1n) is 8.81. The van der Waals surface area contributed by atoms with Gasteiger partial charge in [-0.3, -0.25) is 9.69 Å². The van der Waals surface area contributed by atoms with Gasteiger partial charge in [-0.05, 0) is 44.4 Å². The molecule has 5 nitrogen and oxygen atoms in total. The van der Waals surface area contributed by atoms with Crippen LogP contribution >= 0.6 is 0 Å². The minimum absolute atomic E-state index is 0.0453. The van der Waals surface area contributed by atoms with Crippen molar-refractivity contribution >= 4 is 5.78 Å². The Bertz CT molecular complexity index is 568. The molecule has 24 heavy (non-hydrogen) atoms. The van der Waals surface area contributed by atoms with Crippen molar-refractivity contribution in [2.45, 2.75) is 31.7 Å². The third-order valence-electron chi connectivity index (χ3n) is 5.20. The average molecular weight is 333 g/mol. The van der Waals surface area contributed by atoms with Crippen molar-refractivity contribution in [2.75, 3.05) is 40.5 Å². The maximum Gasteiger partial charge on any atom is 0.170 e. The summed E-state index contributed by atoms with van der Waals surface area (Å²) in [6.07, 6.45) is 4.18. The first-order valence-corrected chi connectivity index (χ1v) is 8.81. The summed E-state index contributed by atoms with van der Waals surface area (Å²) in [5.41, 5.74) is 0.664. The van der Waals surface area contributed by atoms with E-state index >= 15 is 0 Å². The Labute approximate surface area is 143 Å². The molecule has 0 unspecified atom stereocenters. The molecule has 1 atom stereocenters. The molecule has 0 amide bonds. The van der Waals surface area contributed by atoms with Crippen LogP contribution in [0.25, 0.3) is 0 Å². The molecule has 3 rings (SSSR count). The highest BCUT2D eigenvalue weighted by atomic mass is 16.5. The monoisotopic (exact) mass is 333 g/mol. The lowest BCUT2D eigenvalue weighted by Gasteiger charge is -2.39. The molecule has 0 aromatic heterocycles. The number of hydrogen-bond acceptors (Lipinski definition) is 5. The van der Waals surface area contributed by atoms with Gasteiger partial charge in [-0.15, -0.1) is 0 Å². The average Bonchev–Trinajstić information content (AvgIpc) is 2.67. The standard InChI is InChI=1S/C19H27NO4/c1-22-16-5-6-17(18(12-16)23-2)19(21)14-4-3-9-20(13-14)15-7-10-24-11-8-15/h5-6,12,14-15H,3-4,7-11,13H2,1-2H3/t14-/m1/s1. The molecule has 0 saturated carbocycles. The summed E-state index contributed by atoms with van der Waals surface area (Å²) >= 11 is 0. The molecular weight excluding hydrogens is 306 g/mol. The summed E-state index contributed by atoms with van der Waals surface area (Å²) in [5, 5.41) is 0. The Kier molecular flexibility index (Phi) is 5.74. The van der Waals surface area contributed by atoms with Crippen LogP contribution in [0.1, 0.15) is 36.0 Å². The molecule has 0 N–H and O–H groups in total. The molecule has 1 aromatic carbocycles. The zero-order valence-corrected chi connectivity index (χ0v) is 14.6. The largest absolute Gasteiger partial charge is 0.497 e. The first-order chi connectivity index (χ1) is 11.7. The van der Waals surface area contributed by atoms with Crippen LogP contribution in [-0.2, 0) is 4.74 Å². The summed E-state index contributed by atoms with van der Waals surface area (Å²) < 4.78 is 16.1. The highest BCUT2D eigenvalue weighted by Gasteiger charge is 2.32. The van der Waals surface area contributed by atoms with Gasteiger partial charge in [0.05, 0.1) is 19.8 Å². The van der Waals surface area contributed by atoms with E-state index in [4.69, 9.17) is 14.2 Å². The second-order valence-corrected chi connectivity index (χ2v) is 6.61. The van der Waals surface area contributed by atoms with Crippen LogP contribution in [0.3, 0.4) is 0 Å². The van der Waals surface area contributed by atoms with Crippen molar-refractivity contribution in [1.82, 2.24) is 4.90 Å². The van der Waals surface area contributed by atoms with Gasteiger partial charge >= 0.3 is 0 Å². The van der Waals surface area contributed by atoms with Crippen molar-refractivity contribution in [3.05, 3.63) is 23.8 Å². The molecule has 0 bridgehead atoms. The predicted octanol–water partition coefficient (Wildman–Crippen LogP) is 2.78. The molecular formula is C19H27NO4. The lowest BCUT2D eigenvalue weighted by atomic mass is 9.88. The Balaban J connectivity index is 1.72. The van der Waals surface area contributed by atoms with Crippen molar-refractivity contribution in [3.8, 4) is 11.5 Å². The van der Waals surface area contributed by atoms with Crippen LogP contribution in [0.4, 0.5) is 0 Å². The SMILES string of the molecule is COc1ccc(C(=O)[C@@H]2CCCN(C3CCOCC3)C2)c(OC)c1. The fraction of sp³-hybridized carbons (Fsp3) is 0.632. The summed E-state index contributed by atoms with van der Waals surface area (Å²) in [6.45, 7) is 3.62. The minimum atomic E-state index is 0.0453. The second kappa shape index (κ2) is 7.99. The van der Waals surface area contributed by atoms with Crippen LogP contribution in [0.5, 0.6) is 11.5 Å². The zero-order chi connectivity index (χ0) is 16.9. The summed E-state index contributed by atoms with van der Waals surface area (Å²) in [4.78, 5) is 15.5. The summed E-state index contributed by atoms with van der Waals surface area (Å²) in [6, 6.07) is 6.00. The van der Waals surface area contributed by atoms with Crippen molar-refractivity contribution in [1.29, 1.82) is 0 Å². The lowest BCUT2D eigenvalue weighted by molar-refractivity contribution is 0.0183. The molecule has 2 saturated heterocycles. The van der Waals surface area contributed by atoms with Crippen LogP contribution in [0.15, 0.2) is 18.2 Å². The fourth-order valence-electron chi connectivity index (χ4n) is 3.82. The molecule has 2 aliphatic heterocycles. The zero-order valence-electron chi connectivity index (χ0n) is 14.6. The third kappa shape index (κ3) is 3.73. The van der Waals surface area contributed by atoms with E-state index in [0.717, 1.165) is 52.0 Å². The first kappa shape index (κ1) is 17.2. The van der Waals surface area contributed by atoms with Gasteiger partial charge in [-0.2, -0.15) is 0 Å². The number of benzene rings is 1. The number of carbonyl (C=O) groups excluding carboxylic acids is 1. The number of rotatable bonds is 5. The van der Waals surface area contributed by atoms with Gasteiger partial charge in [0.2, 0.25) is 0 Å². The third-order valence-corrected chi connectivity index (χ3v) is 5.20. The van der Waals surface area contributed by atoms with Gasteiger partial charge < -0.3 is 14.2 Å². The maximum atomic E-state index is 13.0. The van der Waals surface area contributed by atoms with E-state index in [1.54, 1.807) is 20.3 Å². The highest BCUT2D eigenvalue weighted by Crippen LogP contribution is 2.30. The number of carbonyl (C=O) groups is 1. The fourth-order valence-corrected chi connectivity index (χ4v) is 3.82. The molecule has 0 spiro atoms. The van der Waals surface area contributed by atoms with E-state index in [1.807, 2.05) is 12.1 Å². The molecule has 1 aromatic rings. The van der Waals surface area contributed by atoms with Crippen molar-refractivity contribution in [2.24, 2.45) is 5.92 Å². The maximum absolute atomic E-state index is 13.0. The smallest absolute Gasteiger partial charge is 0.170 e. The van der Waals surface area contributed by atoms with Gasteiger partial charge in [0.15, 0.2) is 5.78 Å². The lowest BCUT2D eigenvalue weighted by Crippen LogP contribution is -2.46. The van der Waals surface area contributed by atoms with Gasteiger partial charge in [0.1, 0.15) is 11.5 Å². The van der Waals surface area contributed by atoms with Gasteiger partial charge in [-0.25, -0.2) is 0 Å². The molecule has 2 aliphatic rings. The number of nitrogens with zero attached hydrogens (tertiary/aromatic N) is 1. The van der Waals surface area contributed by atoms with Gasteiger partial charge in [0.25, 0.3) is 0 Å². The topological polar surface area (TPSA) is 48.0 Å². The number of ether oxygens (including phenoxy) is 3. The summed E-state index contributed by atoms with van der Waals surface area (Å²) in [5.74, 6) is 1.54. The number of piperidine rings is 1. The molecule has 2 heterocycles. The van der Waals surface area contributed by atoms with Crippen molar-refractivity contribution < 1.29 is 19.0 Å². The van der Waals surface area contributed by atoms with Crippen LogP contribution < -0.4 is 9.47 Å². The Morgan fingerprint density at radius 2 is 1.96 bits per heavy atom. The van der Waals surface area contributed by atoms with E-state index in [9.17, 15) is 4.79 Å². The Morgan fingerprint density at radius 1 is 1.17 bits per heavy atom. The van der Waals surface area contributed by atoms with Gasteiger partial charge in [0, 0.05) is 37.8 Å². The van der Waals surface area contributed by atoms with E-state index in [1.165, 1.54) is 0 Å². The van der Waals surface area contributed by atoms with E-state index in [0.29, 0.717) is 23.1 Å². The molecule has 5 heteroatoms. The molecule has 2 fully saturated rings. The number of hydrogen-bond donors (Lipinski definition) is 0. The predicted molar refractivity (Wildman–Crippen MR) is 92.0 cm³/mol. The normalized spacial score (nSPS) is 23.0. The van der Waals surface area contributed by atoms with E-state index < -0.39 is 0 Å². The molecule has 0 aliphatic carbocycles. The quantitative estimate of drug-likeness (QED) is 0.776. The minimum Gasteiger partial charge on any atom is -0.497 e. The number of likely N-dealkylation sites (tertiary alicyclic amines) is 1. The number of Topliss-reactive ketones (excluding diaryl/α,β-unsaturated/α-hetero) is 1. The molecule has 132 valence electrons. The van der Waals surface area contributed by atoms with Crippen molar-refractivity contribution in [3.63, 3.8) is 0 Å². The Hall–Kier alpha value is -1.59. The van der Waals surface area contributed by atoms with Gasteiger partial charge in [-0.1, -0.05) is 0 Å². The number of methoxy groups -OCH3 is 2. The summed E-state index contributed by atoms with van der Waals surface area (Å²) in [7, 11) is 3.21. The highest BCUT2D eigenvalue weighted by molar-refractivity contribution is 6.00. The second-order valence-electron chi connectivity index (χ2n) is 6.61. The molecule has 0 radical (unpaired) electrons.